The van der Waals surface area contributed by atoms with Crippen molar-refractivity contribution in [3.63, 3.8) is 0 Å². The number of carboxylic acid groups (broad SMARTS) is 1. The second-order valence-corrected chi connectivity index (χ2v) is 7.68. The molecule has 0 aromatic heterocycles. The van der Waals surface area contributed by atoms with Gasteiger partial charge in [-0.2, -0.15) is 0 Å². The van der Waals surface area contributed by atoms with Crippen molar-refractivity contribution in [1.82, 2.24) is 5.32 Å². The molecule has 0 fully saturated rings. The van der Waals surface area contributed by atoms with E-state index in [1.54, 1.807) is 0 Å². The first-order chi connectivity index (χ1) is 13.5. The highest BCUT2D eigenvalue weighted by molar-refractivity contribution is 5.99. The molecule has 1 amide bonds. The topological polar surface area (TPSA) is 104 Å². The SMILES string of the molecule is CCCCCCCCCCCCCCCC(=O)CC(=O)N[C@@H](CCO)C(=O)O. The summed E-state index contributed by atoms with van der Waals surface area (Å²) in [6.45, 7) is 1.91. The number of aliphatic hydroxyl groups excluding tert-OH is 1. The minimum Gasteiger partial charge on any atom is -0.480 e. The Hall–Kier alpha value is -1.43. The van der Waals surface area contributed by atoms with Crippen LogP contribution in [-0.4, -0.2) is 40.5 Å². The molecule has 0 saturated carbocycles. The van der Waals surface area contributed by atoms with E-state index in [0.717, 1.165) is 19.3 Å². The Labute approximate surface area is 170 Å². The van der Waals surface area contributed by atoms with Crippen molar-refractivity contribution in [2.24, 2.45) is 0 Å². The van der Waals surface area contributed by atoms with Crippen LogP contribution < -0.4 is 5.32 Å². The molecule has 0 bridgehead atoms. The van der Waals surface area contributed by atoms with Gasteiger partial charge in [0.15, 0.2) is 0 Å². The molecule has 0 saturated heterocycles. The quantitative estimate of drug-likeness (QED) is 0.208. The van der Waals surface area contributed by atoms with Gasteiger partial charge in [0.2, 0.25) is 5.91 Å². The van der Waals surface area contributed by atoms with Gasteiger partial charge in [0.25, 0.3) is 0 Å². The van der Waals surface area contributed by atoms with Crippen molar-refractivity contribution in [1.29, 1.82) is 0 Å². The van der Waals surface area contributed by atoms with Gasteiger partial charge in [-0.1, -0.05) is 84.0 Å². The van der Waals surface area contributed by atoms with Crippen LogP contribution in [0.1, 0.15) is 110 Å². The van der Waals surface area contributed by atoms with Gasteiger partial charge in [-0.15, -0.1) is 0 Å². The maximum Gasteiger partial charge on any atom is 0.326 e. The molecule has 0 aromatic carbocycles. The van der Waals surface area contributed by atoms with Crippen LogP contribution >= 0.6 is 0 Å². The summed E-state index contributed by atoms with van der Waals surface area (Å²) in [6, 6.07) is -1.14. The number of carbonyl (C=O) groups excluding carboxylic acids is 2. The molecule has 6 heteroatoms. The molecule has 3 N–H and O–H groups in total. The van der Waals surface area contributed by atoms with E-state index in [2.05, 4.69) is 12.2 Å². The molecule has 0 spiro atoms. The normalized spacial score (nSPS) is 11.9. The third-order valence-electron chi connectivity index (χ3n) is 4.97. The van der Waals surface area contributed by atoms with E-state index in [1.807, 2.05) is 0 Å². The zero-order valence-electron chi connectivity index (χ0n) is 17.7. The van der Waals surface area contributed by atoms with Gasteiger partial charge in [-0.25, -0.2) is 4.79 Å². The number of hydrogen-bond acceptors (Lipinski definition) is 4. The van der Waals surface area contributed by atoms with Crippen LogP contribution in [0.5, 0.6) is 0 Å². The van der Waals surface area contributed by atoms with Crippen LogP contribution in [0.25, 0.3) is 0 Å². The Bertz CT molecular complexity index is 425. The highest BCUT2D eigenvalue weighted by Gasteiger charge is 2.20. The summed E-state index contributed by atoms with van der Waals surface area (Å²) in [5.41, 5.74) is 0. The number of hydrogen-bond donors (Lipinski definition) is 3. The van der Waals surface area contributed by atoms with Gasteiger partial charge in [-0.05, 0) is 6.42 Å². The molecule has 0 aliphatic rings. The lowest BCUT2D eigenvalue weighted by atomic mass is 10.0. The highest BCUT2D eigenvalue weighted by atomic mass is 16.4. The van der Waals surface area contributed by atoms with E-state index in [-0.39, 0.29) is 25.2 Å². The van der Waals surface area contributed by atoms with E-state index in [1.165, 1.54) is 64.2 Å². The summed E-state index contributed by atoms with van der Waals surface area (Å²) in [6.07, 6.45) is 16.1. The van der Waals surface area contributed by atoms with Gasteiger partial charge >= 0.3 is 5.97 Å². The number of ketones is 1. The van der Waals surface area contributed by atoms with Crippen LogP contribution in [0, 0.1) is 0 Å². The molecule has 6 nitrogen and oxygen atoms in total. The first kappa shape index (κ1) is 26.6. The number of unbranched alkanes of at least 4 members (excludes halogenated alkanes) is 12. The highest BCUT2D eigenvalue weighted by Crippen LogP contribution is 2.13. The molecule has 1 atom stereocenters. The molecule has 0 rings (SSSR count). The number of aliphatic hydroxyl groups is 1. The Morgan fingerprint density at radius 2 is 1.25 bits per heavy atom. The smallest absolute Gasteiger partial charge is 0.326 e. The fourth-order valence-corrected chi connectivity index (χ4v) is 3.24. The second-order valence-electron chi connectivity index (χ2n) is 7.68. The first-order valence-electron chi connectivity index (χ1n) is 11.2. The maximum atomic E-state index is 11.8. The van der Waals surface area contributed by atoms with Crippen molar-refractivity contribution < 1.29 is 24.6 Å². The molecule has 0 aliphatic heterocycles. The van der Waals surface area contributed by atoms with Gasteiger partial charge in [-0.3, -0.25) is 9.59 Å². The van der Waals surface area contributed by atoms with E-state index >= 15 is 0 Å². The zero-order chi connectivity index (χ0) is 21.0. The zero-order valence-corrected chi connectivity index (χ0v) is 17.7. The number of rotatable bonds is 20. The Kier molecular flexibility index (Phi) is 17.9. The summed E-state index contributed by atoms with van der Waals surface area (Å²) in [5, 5.41) is 20.0. The van der Waals surface area contributed by atoms with E-state index < -0.39 is 17.9 Å². The first-order valence-corrected chi connectivity index (χ1v) is 11.2. The van der Waals surface area contributed by atoms with Crippen molar-refractivity contribution in [3.8, 4) is 0 Å². The van der Waals surface area contributed by atoms with E-state index in [0.29, 0.717) is 6.42 Å². The van der Waals surface area contributed by atoms with Crippen LogP contribution in [0.15, 0.2) is 0 Å². The Morgan fingerprint density at radius 3 is 1.68 bits per heavy atom. The molecule has 28 heavy (non-hydrogen) atoms. The molecular formula is C22H41NO5. The number of aliphatic carboxylic acids is 1. The summed E-state index contributed by atoms with van der Waals surface area (Å²) >= 11 is 0. The number of carboxylic acids is 1. The van der Waals surface area contributed by atoms with Crippen molar-refractivity contribution >= 4 is 17.7 Å². The molecule has 0 radical (unpaired) electrons. The molecular weight excluding hydrogens is 358 g/mol. The van der Waals surface area contributed by atoms with Crippen LogP contribution in [0.4, 0.5) is 0 Å². The molecule has 0 heterocycles. The van der Waals surface area contributed by atoms with Crippen LogP contribution in [-0.2, 0) is 14.4 Å². The summed E-state index contributed by atoms with van der Waals surface area (Å²) in [4.78, 5) is 34.4. The van der Waals surface area contributed by atoms with Gasteiger partial charge in [0.05, 0.1) is 6.42 Å². The fourth-order valence-electron chi connectivity index (χ4n) is 3.24. The van der Waals surface area contributed by atoms with Gasteiger partial charge < -0.3 is 15.5 Å². The van der Waals surface area contributed by atoms with Crippen molar-refractivity contribution in [3.05, 3.63) is 0 Å². The minimum absolute atomic E-state index is 0.0614. The second kappa shape index (κ2) is 18.9. The van der Waals surface area contributed by atoms with Crippen LogP contribution in [0.2, 0.25) is 0 Å². The average molecular weight is 400 g/mol. The van der Waals surface area contributed by atoms with E-state index in [4.69, 9.17) is 10.2 Å². The van der Waals surface area contributed by atoms with Gasteiger partial charge in [0.1, 0.15) is 11.8 Å². The van der Waals surface area contributed by atoms with Crippen molar-refractivity contribution in [2.45, 2.75) is 116 Å². The lowest BCUT2D eigenvalue weighted by Gasteiger charge is -2.12. The molecule has 0 aromatic rings. The average Bonchev–Trinajstić information content (AvgIpc) is 2.65. The minimum atomic E-state index is -1.20. The molecule has 0 unspecified atom stereocenters. The molecule has 0 aliphatic carbocycles. The Morgan fingerprint density at radius 1 is 0.786 bits per heavy atom. The number of carbonyl (C=O) groups is 3. The number of nitrogens with one attached hydrogen (secondary N) is 1. The van der Waals surface area contributed by atoms with E-state index in [9.17, 15) is 14.4 Å². The number of amides is 1. The van der Waals surface area contributed by atoms with Crippen LogP contribution in [0.3, 0.4) is 0 Å². The summed E-state index contributed by atoms with van der Waals surface area (Å²) < 4.78 is 0. The summed E-state index contributed by atoms with van der Waals surface area (Å²) in [5.74, 6) is -1.94. The summed E-state index contributed by atoms with van der Waals surface area (Å²) in [7, 11) is 0. The standard InChI is InChI=1S/C22H41NO5/c1-2-3-4-5-6-7-8-9-10-11-12-13-14-15-19(25)18-21(26)23-20(16-17-24)22(27)28/h20,24H,2-18H2,1H3,(H,23,26)(H,27,28)/t20-/m0/s1. The molecule has 164 valence electrons. The predicted octanol–water partition coefficient (Wildman–Crippen LogP) is 4.38. The largest absolute Gasteiger partial charge is 0.480 e. The predicted molar refractivity (Wildman–Crippen MR) is 111 cm³/mol. The third kappa shape index (κ3) is 16.7. The maximum absolute atomic E-state index is 11.8. The van der Waals surface area contributed by atoms with Gasteiger partial charge in [0, 0.05) is 19.4 Å². The van der Waals surface area contributed by atoms with Crippen molar-refractivity contribution in [2.75, 3.05) is 6.61 Å². The fraction of sp³-hybridized carbons (Fsp3) is 0.864. The lowest BCUT2D eigenvalue weighted by Crippen LogP contribution is -2.42. The number of Topliss-reactive ketones (excluding diaryl/α,β-unsaturated/α-hetero) is 1. The Balaban J connectivity index is 3.52. The lowest BCUT2D eigenvalue weighted by molar-refractivity contribution is -0.143. The third-order valence-corrected chi connectivity index (χ3v) is 4.97. The monoisotopic (exact) mass is 399 g/mol.